The first kappa shape index (κ1) is 26.2. The van der Waals surface area contributed by atoms with Crippen LogP contribution in [0.4, 0.5) is 0 Å². The van der Waals surface area contributed by atoms with Gasteiger partial charge in [0.05, 0.1) is 6.10 Å². The minimum absolute atomic E-state index is 0.290. The molecule has 4 aliphatic rings. The summed E-state index contributed by atoms with van der Waals surface area (Å²) in [7, 11) is -1.71. The summed E-state index contributed by atoms with van der Waals surface area (Å²) in [4.78, 5) is 0. The van der Waals surface area contributed by atoms with Crippen molar-refractivity contribution in [1.29, 1.82) is 0 Å². The van der Waals surface area contributed by atoms with Gasteiger partial charge in [0.25, 0.3) is 0 Å². The zero-order valence-corrected chi connectivity index (χ0v) is 24.4. The van der Waals surface area contributed by atoms with Crippen LogP contribution in [-0.4, -0.2) is 33.0 Å². The third kappa shape index (κ3) is 4.79. The first-order valence-electron chi connectivity index (χ1n) is 14.0. The fraction of sp³-hybridized carbons (Fsp3) is 0.931. The van der Waals surface area contributed by atoms with E-state index >= 15 is 0 Å². The van der Waals surface area contributed by atoms with Crippen molar-refractivity contribution in [2.24, 2.45) is 28.6 Å². The van der Waals surface area contributed by atoms with Crippen molar-refractivity contribution in [3.63, 3.8) is 0 Å². The van der Waals surface area contributed by atoms with Crippen LogP contribution in [0, 0.1) is 28.6 Å². The molecule has 7 atom stereocenters. The lowest BCUT2D eigenvalue weighted by Gasteiger charge is -2.58. The number of hydrogen-bond donors (Lipinski definition) is 0. The molecule has 0 radical (unpaired) electrons. The number of rotatable bonds is 7. The maximum Gasteiger partial charge on any atom is 0.192 e. The Kier molecular flexibility index (Phi) is 7.60. The molecule has 0 aromatic heterocycles. The van der Waals surface area contributed by atoms with Crippen molar-refractivity contribution in [3.8, 4) is 0 Å². The molecule has 0 bridgehead atoms. The van der Waals surface area contributed by atoms with Crippen LogP contribution in [0.1, 0.15) is 98.8 Å². The third-order valence-corrected chi connectivity index (χ3v) is 15.9. The maximum absolute atomic E-state index is 6.90. The van der Waals surface area contributed by atoms with Gasteiger partial charge in [0.2, 0.25) is 0 Å². The molecule has 4 rings (SSSR count). The van der Waals surface area contributed by atoms with E-state index in [-0.39, 0.29) is 0 Å². The number of fused-ring (bicyclic) bond motifs is 5. The Balaban J connectivity index is 1.44. The normalized spacial score (nSPS) is 41.2. The highest BCUT2D eigenvalue weighted by Gasteiger charge is 2.59. The highest BCUT2D eigenvalue weighted by atomic mass is 35.5. The molecule has 0 N–H and O–H groups in total. The van der Waals surface area contributed by atoms with Gasteiger partial charge in [0, 0.05) is 18.6 Å². The average molecular weight is 495 g/mol. The predicted molar refractivity (Wildman–Crippen MR) is 143 cm³/mol. The summed E-state index contributed by atoms with van der Waals surface area (Å²) in [6, 6.07) is 0. The second kappa shape index (κ2) is 9.56. The number of unbranched alkanes of at least 4 members (excludes halogenated alkanes) is 1. The summed E-state index contributed by atoms with van der Waals surface area (Å²) in [5, 5.41) is 0.290. The number of alkyl halides is 1. The van der Waals surface area contributed by atoms with E-state index in [1.54, 1.807) is 5.57 Å². The Hall–Kier alpha value is 0.167. The van der Waals surface area contributed by atoms with Crippen molar-refractivity contribution < 1.29 is 9.16 Å². The zero-order chi connectivity index (χ0) is 24.1. The van der Waals surface area contributed by atoms with Gasteiger partial charge >= 0.3 is 0 Å². The van der Waals surface area contributed by atoms with Gasteiger partial charge in [0.1, 0.15) is 0 Å². The van der Waals surface area contributed by atoms with Crippen LogP contribution in [-0.2, 0) is 9.16 Å². The standard InChI is InChI=1S/C29H51ClO2Si/c1-27(2,3)33(6,7)32-22-14-16-28(4)21(20-22)10-11-23-24-12-13-26(31-19-9-8-18-30)29(24,5)17-15-25(23)28/h10,22-26H,8-9,11-20H2,1-7H3/t22-,23-,24-,25-,26-,28-,29-/m0/s1. The lowest BCUT2D eigenvalue weighted by atomic mass is 9.48. The van der Waals surface area contributed by atoms with E-state index in [1.165, 1.54) is 51.4 Å². The first-order chi connectivity index (χ1) is 15.4. The number of allylic oxidation sites excluding steroid dienone is 1. The fourth-order valence-electron chi connectivity index (χ4n) is 7.97. The molecule has 0 aliphatic heterocycles. The van der Waals surface area contributed by atoms with Gasteiger partial charge in [-0.25, -0.2) is 0 Å². The van der Waals surface area contributed by atoms with Crippen molar-refractivity contribution in [3.05, 3.63) is 11.6 Å². The highest BCUT2D eigenvalue weighted by Crippen LogP contribution is 2.65. The quantitative estimate of drug-likeness (QED) is 0.152. The number of hydrogen-bond acceptors (Lipinski definition) is 2. The van der Waals surface area contributed by atoms with E-state index in [9.17, 15) is 0 Å². The average Bonchev–Trinajstić information content (AvgIpc) is 3.07. The van der Waals surface area contributed by atoms with E-state index < -0.39 is 8.32 Å². The largest absolute Gasteiger partial charge is 0.414 e. The summed E-state index contributed by atoms with van der Waals surface area (Å²) in [5.74, 6) is 3.31. The van der Waals surface area contributed by atoms with Crippen LogP contribution < -0.4 is 0 Å². The van der Waals surface area contributed by atoms with Crippen LogP contribution in [0.15, 0.2) is 11.6 Å². The van der Waals surface area contributed by atoms with Gasteiger partial charge in [-0.05, 0) is 111 Å². The van der Waals surface area contributed by atoms with Gasteiger partial charge in [-0.2, -0.15) is 0 Å². The van der Waals surface area contributed by atoms with Gasteiger partial charge in [-0.1, -0.05) is 46.3 Å². The molecule has 3 saturated carbocycles. The molecule has 2 nitrogen and oxygen atoms in total. The number of halogens is 1. The van der Waals surface area contributed by atoms with Crippen LogP contribution in [0.2, 0.25) is 18.1 Å². The van der Waals surface area contributed by atoms with Crippen LogP contribution >= 0.6 is 11.6 Å². The molecule has 0 aromatic rings. The summed E-state index contributed by atoms with van der Waals surface area (Å²) in [5.41, 5.74) is 2.53. The third-order valence-electron chi connectivity index (χ3n) is 11.1. The van der Waals surface area contributed by atoms with Crippen LogP contribution in [0.25, 0.3) is 0 Å². The van der Waals surface area contributed by atoms with E-state index in [0.717, 1.165) is 43.1 Å². The predicted octanol–water partition coefficient (Wildman–Crippen LogP) is 8.74. The fourth-order valence-corrected chi connectivity index (χ4v) is 9.55. The van der Waals surface area contributed by atoms with Crippen LogP contribution in [0.5, 0.6) is 0 Å². The lowest BCUT2D eigenvalue weighted by molar-refractivity contribution is -0.0931. The molecule has 0 spiro atoms. The Bertz CT molecular complexity index is 728. The summed E-state index contributed by atoms with van der Waals surface area (Å²) < 4.78 is 13.4. The summed E-state index contributed by atoms with van der Waals surface area (Å²) in [6.07, 6.45) is 16.2. The van der Waals surface area contributed by atoms with Crippen molar-refractivity contribution in [2.75, 3.05) is 12.5 Å². The molecule has 4 heteroatoms. The highest BCUT2D eigenvalue weighted by molar-refractivity contribution is 6.74. The second-order valence-electron chi connectivity index (χ2n) is 13.9. The van der Waals surface area contributed by atoms with E-state index in [4.69, 9.17) is 20.8 Å². The lowest BCUT2D eigenvalue weighted by Crippen LogP contribution is -2.52. The maximum atomic E-state index is 6.90. The molecule has 33 heavy (non-hydrogen) atoms. The molecule has 4 aliphatic carbocycles. The smallest absolute Gasteiger partial charge is 0.192 e. The first-order valence-corrected chi connectivity index (χ1v) is 17.4. The summed E-state index contributed by atoms with van der Waals surface area (Å²) in [6.45, 7) is 18.0. The molecule has 3 fully saturated rings. The monoisotopic (exact) mass is 494 g/mol. The van der Waals surface area contributed by atoms with Gasteiger partial charge in [-0.3, -0.25) is 0 Å². The molecule has 190 valence electrons. The van der Waals surface area contributed by atoms with Crippen molar-refractivity contribution >= 4 is 19.9 Å². The summed E-state index contributed by atoms with van der Waals surface area (Å²) >= 11 is 5.87. The SMILES string of the molecule is CC(C)(C)[Si](C)(C)O[C@H]1CC[C@@]2(C)C(=CC[C@H]3[C@@H]4CC[C@H](OCCCCCl)[C@@]4(C)CC[C@@H]32)C1. The topological polar surface area (TPSA) is 18.5 Å². The second-order valence-corrected chi connectivity index (χ2v) is 19.0. The van der Waals surface area contributed by atoms with Crippen molar-refractivity contribution in [2.45, 2.75) is 129 Å². The van der Waals surface area contributed by atoms with E-state index in [2.05, 4.69) is 53.8 Å². The Morgan fingerprint density at radius 1 is 1.03 bits per heavy atom. The molecule has 0 aromatic carbocycles. The molecule has 0 unspecified atom stereocenters. The Labute approximate surface area is 210 Å². The molecule has 0 amide bonds. The molecular formula is C29H51ClO2Si. The molecular weight excluding hydrogens is 444 g/mol. The van der Waals surface area contributed by atoms with Crippen LogP contribution in [0.3, 0.4) is 0 Å². The molecule has 0 saturated heterocycles. The number of ether oxygens (including phenoxy) is 1. The van der Waals surface area contributed by atoms with E-state index in [1.807, 2.05) is 0 Å². The Morgan fingerprint density at radius 2 is 1.79 bits per heavy atom. The molecule has 0 heterocycles. The minimum atomic E-state index is -1.71. The minimum Gasteiger partial charge on any atom is -0.414 e. The zero-order valence-electron chi connectivity index (χ0n) is 22.6. The van der Waals surface area contributed by atoms with Gasteiger partial charge in [-0.15, -0.1) is 11.6 Å². The van der Waals surface area contributed by atoms with Crippen molar-refractivity contribution in [1.82, 2.24) is 0 Å². The van der Waals surface area contributed by atoms with Gasteiger partial charge < -0.3 is 9.16 Å². The van der Waals surface area contributed by atoms with Gasteiger partial charge in [0.15, 0.2) is 8.32 Å². The van der Waals surface area contributed by atoms with E-state index in [0.29, 0.717) is 28.1 Å². The Morgan fingerprint density at radius 3 is 2.48 bits per heavy atom.